The van der Waals surface area contributed by atoms with E-state index >= 15 is 0 Å². The van der Waals surface area contributed by atoms with Crippen molar-refractivity contribution in [3.05, 3.63) is 11.6 Å². The van der Waals surface area contributed by atoms with Crippen molar-refractivity contribution in [3.8, 4) is 0 Å². The molecule has 0 saturated heterocycles. The Bertz CT molecular complexity index is 301. The summed E-state index contributed by atoms with van der Waals surface area (Å²) in [6, 6.07) is 0. The van der Waals surface area contributed by atoms with Crippen molar-refractivity contribution in [1.29, 1.82) is 0 Å². The molecule has 0 saturated carbocycles. The molecule has 0 atom stereocenters. The van der Waals surface area contributed by atoms with Crippen molar-refractivity contribution in [2.75, 3.05) is 7.11 Å². The van der Waals surface area contributed by atoms with Gasteiger partial charge in [0.2, 0.25) is 0 Å². The van der Waals surface area contributed by atoms with E-state index in [9.17, 15) is 0 Å². The molecule has 0 aromatic carbocycles. The molecule has 0 fully saturated rings. The van der Waals surface area contributed by atoms with Gasteiger partial charge in [-0.15, -0.1) is 10.2 Å². The van der Waals surface area contributed by atoms with Crippen molar-refractivity contribution in [2.24, 2.45) is 0 Å². The van der Waals surface area contributed by atoms with Gasteiger partial charge < -0.3 is 14.4 Å². The summed E-state index contributed by atoms with van der Waals surface area (Å²) >= 11 is 0. The highest BCUT2D eigenvalue weighted by Gasteiger charge is 2.22. The molecule has 1 aromatic rings. The maximum absolute atomic E-state index is 9.10. The first-order valence-electron chi connectivity index (χ1n) is 4.54. The normalized spacial score (nSPS) is 12.1. The average molecular weight is 199 g/mol. The van der Waals surface area contributed by atoms with E-state index in [2.05, 4.69) is 10.2 Å². The Morgan fingerprint density at radius 1 is 1.29 bits per heavy atom. The molecule has 0 spiro atoms. The van der Waals surface area contributed by atoms with E-state index in [4.69, 9.17) is 9.84 Å². The summed E-state index contributed by atoms with van der Waals surface area (Å²) in [5.74, 6) is 1.31. The Balaban J connectivity index is 3.13. The van der Waals surface area contributed by atoms with Gasteiger partial charge >= 0.3 is 0 Å². The Hall–Kier alpha value is -0.940. The number of hydrogen-bond acceptors (Lipinski definition) is 4. The van der Waals surface area contributed by atoms with Gasteiger partial charge in [-0.2, -0.15) is 0 Å². The average Bonchev–Trinajstić information content (AvgIpc) is 2.47. The van der Waals surface area contributed by atoms with E-state index in [1.165, 1.54) is 0 Å². The van der Waals surface area contributed by atoms with Crippen LogP contribution in [0.1, 0.15) is 32.4 Å². The lowest BCUT2D eigenvalue weighted by Crippen LogP contribution is -2.26. The predicted octanol–water partition coefficient (Wildman–Crippen LogP) is 0.672. The number of ether oxygens (including phenoxy) is 1. The van der Waals surface area contributed by atoms with Crippen LogP contribution in [0.15, 0.2) is 0 Å². The van der Waals surface area contributed by atoms with Crippen LogP contribution in [-0.4, -0.2) is 27.0 Å². The largest absolute Gasteiger partial charge is 0.388 e. The zero-order valence-electron chi connectivity index (χ0n) is 9.11. The molecule has 1 N–H and O–H groups in total. The van der Waals surface area contributed by atoms with E-state index in [-0.39, 0.29) is 12.1 Å². The second kappa shape index (κ2) is 4.06. The highest BCUT2D eigenvalue weighted by atomic mass is 16.5. The van der Waals surface area contributed by atoms with E-state index in [1.54, 1.807) is 7.11 Å². The smallest absolute Gasteiger partial charge is 0.159 e. The summed E-state index contributed by atoms with van der Waals surface area (Å²) in [7, 11) is 1.61. The Kier molecular flexibility index (Phi) is 3.23. The maximum atomic E-state index is 9.10. The summed E-state index contributed by atoms with van der Waals surface area (Å²) in [6.07, 6.45) is 0. The molecule has 0 amide bonds. The van der Waals surface area contributed by atoms with Crippen LogP contribution in [0.4, 0.5) is 0 Å². The lowest BCUT2D eigenvalue weighted by atomic mass is 10.1. The lowest BCUT2D eigenvalue weighted by Gasteiger charge is -2.24. The van der Waals surface area contributed by atoms with Gasteiger partial charge in [0.1, 0.15) is 13.2 Å². The minimum atomic E-state index is -0.143. The van der Waals surface area contributed by atoms with Crippen LogP contribution in [-0.2, 0) is 23.5 Å². The van der Waals surface area contributed by atoms with Crippen LogP contribution in [0, 0.1) is 0 Å². The first-order valence-corrected chi connectivity index (χ1v) is 4.54. The molecule has 5 heteroatoms. The number of aliphatic hydroxyl groups is 1. The summed E-state index contributed by atoms with van der Waals surface area (Å²) < 4.78 is 6.92. The first kappa shape index (κ1) is 11.1. The zero-order valence-corrected chi connectivity index (χ0v) is 9.11. The second-order valence-corrected chi connectivity index (χ2v) is 4.13. The van der Waals surface area contributed by atoms with Gasteiger partial charge in [0.15, 0.2) is 11.6 Å². The van der Waals surface area contributed by atoms with Crippen LogP contribution in [0.5, 0.6) is 0 Å². The van der Waals surface area contributed by atoms with Crippen LogP contribution in [0.3, 0.4) is 0 Å². The lowest BCUT2D eigenvalue weighted by molar-refractivity contribution is 0.165. The van der Waals surface area contributed by atoms with Gasteiger partial charge in [-0.05, 0) is 20.8 Å². The minimum absolute atomic E-state index is 0.103. The molecule has 80 valence electrons. The van der Waals surface area contributed by atoms with E-state index < -0.39 is 0 Å². The van der Waals surface area contributed by atoms with Gasteiger partial charge in [-0.25, -0.2) is 0 Å². The van der Waals surface area contributed by atoms with E-state index in [0.717, 1.165) is 5.82 Å². The van der Waals surface area contributed by atoms with Crippen molar-refractivity contribution >= 4 is 0 Å². The molecular formula is C9H17N3O2. The number of nitrogens with zero attached hydrogens (tertiary/aromatic N) is 3. The molecule has 0 radical (unpaired) electrons. The van der Waals surface area contributed by atoms with Gasteiger partial charge in [0, 0.05) is 12.6 Å². The number of aromatic nitrogens is 3. The molecule has 14 heavy (non-hydrogen) atoms. The monoisotopic (exact) mass is 199 g/mol. The van der Waals surface area contributed by atoms with E-state index in [0.29, 0.717) is 12.4 Å². The quantitative estimate of drug-likeness (QED) is 0.777. The fourth-order valence-electron chi connectivity index (χ4n) is 1.45. The standard InChI is InChI=1S/C9H17N3O2/c1-9(2,3)12-7(5-13)10-11-8(12)6-14-4/h13H,5-6H2,1-4H3. The number of hydrogen-bond donors (Lipinski definition) is 1. The SMILES string of the molecule is COCc1nnc(CO)n1C(C)(C)C. The molecule has 1 aromatic heterocycles. The van der Waals surface area contributed by atoms with E-state index in [1.807, 2.05) is 25.3 Å². The number of rotatable bonds is 3. The fraction of sp³-hybridized carbons (Fsp3) is 0.778. The Labute approximate surface area is 83.7 Å². The number of methoxy groups -OCH3 is 1. The molecule has 0 bridgehead atoms. The van der Waals surface area contributed by atoms with Gasteiger partial charge in [0.25, 0.3) is 0 Å². The summed E-state index contributed by atoms with van der Waals surface area (Å²) in [5, 5.41) is 17.0. The molecule has 0 aliphatic carbocycles. The maximum Gasteiger partial charge on any atom is 0.159 e. The van der Waals surface area contributed by atoms with Gasteiger partial charge in [-0.3, -0.25) is 0 Å². The molecule has 1 heterocycles. The molecular weight excluding hydrogens is 182 g/mol. The summed E-state index contributed by atoms with van der Waals surface area (Å²) in [5.41, 5.74) is -0.143. The summed E-state index contributed by atoms with van der Waals surface area (Å²) in [6.45, 7) is 6.41. The van der Waals surface area contributed by atoms with Crippen molar-refractivity contribution in [1.82, 2.24) is 14.8 Å². The fourth-order valence-corrected chi connectivity index (χ4v) is 1.45. The third-order valence-electron chi connectivity index (χ3n) is 1.88. The zero-order chi connectivity index (χ0) is 10.8. The second-order valence-electron chi connectivity index (χ2n) is 4.13. The van der Waals surface area contributed by atoms with Gasteiger partial charge in [0.05, 0.1) is 0 Å². The predicted molar refractivity (Wildman–Crippen MR) is 51.7 cm³/mol. The van der Waals surface area contributed by atoms with Crippen molar-refractivity contribution in [2.45, 2.75) is 39.5 Å². The molecule has 0 aliphatic heterocycles. The molecule has 0 aliphatic rings. The third-order valence-corrected chi connectivity index (χ3v) is 1.88. The molecule has 5 nitrogen and oxygen atoms in total. The Morgan fingerprint density at radius 2 is 1.86 bits per heavy atom. The summed E-state index contributed by atoms with van der Waals surface area (Å²) in [4.78, 5) is 0. The van der Waals surface area contributed by atoms with Crippen LogP contribution in [0.25, 0.3) is 0 Å². The minimum Gasteiger partial charge on any atom is -0.388 e. The van der Waals surface area contributed by atoms with Crippen molar-refractivity contribution < 1.29 is 9.84 Å². The molecule has 1 rings (SSSR count). The number of aliphatic hydroxyl groups excluding tert-OH is 1. The van der Waals surface area contributed by atoms with Crippen LogP contribution >= 0.6 is 0 Å². The first-order chi connectivity index (χ1) is 6.50. The molecule has 0 unspecified atom stereocenters. The van der Waals surface area contributed by atoms with Crippen LogP contribution < -0.4 is 0 Å². The van der Waals surface area contributed by atoms with Gasteiger partial charge in [-0.1, -0.05) is 0 Å². The highest BCUT2D eigenvalue weighted by Crippen LogP contribution is 2.18. The topological polar surface area (TPSA) is 60.2 Å². The Morgan fingerprint density at radius 3 is 2.29 bits per heavy atom. The highest BCUT2D eigenvalue weighted by molar-refractivity contribution is 4.99. The third kappa shape index (κ3) is 2.10. The van der Waals surface area contributed by atoms with Crippen LogP contribution in [0.2, 0.25) is 0 Å². The van der Waals surface area contributed by atoms with Crippen molar-refractivity contribution in [3.63, 3.8) is 0 Å².